The zero-order valence-electron chi connectivity index (χ0n) is 40.0. The summed E-state index contributed by atoms with van der Waals surface area (Å²) in [6.07, 6.45) is -0.720. The van der Waals surface area contributed by atoms with E-state index in [1.807, 2.05) is 60.7 Å². The van der Waals surface area contributed by atoms with Gasteiger partial charge in [-0.15, -0.1) is 10.2 Å². The summed E-state index contributed by atoms with van der Waals surface area (Å²) in [6.45, 7) is 3.60. The van der Waals surface area contributed by atoms with Crippen LogP contribution in [-0.4, -0.2) is 36.7 Å². The molecule has 0 aliphatic heterocycles. The average Bonchev–Trinajstić information content (AvgIpc) is 3.73. The number of carbonyl (C=O) groups excluding carboxylic acids is 3. The highest BCUT2D eigenvalue weighted by Crippen LogP contribution is 2.54. The van der Waals surface area contributed by atoms with E-state index in [4.69, 9.17) is 32.8 Å². The first-order valence-corrected chi connectivity index (χ1v) is 26.5. The minimum Gasteiger partial charge on any atom is -0.489 e. The molecule has 73 heavy (non-hydrogen) atoms. The van der Waals surface area contributed by atoms with Gasteiger partial charge in [0.1, 0.15) is 66.1 Å². The van der Waals surface area contributed by atoms with Crippen molar-refractivity contribution in [3.05, 3.63) is 235 Å². The molecule has 0 fully saturated rings. The summed E-state index contributed by atoms with van der Waals surface area (Å²) in [4.78, 5) is 38.5. The normalized spacial score (nSPS) is 12.7. The molecule has 2 atom stereocenters. The third kappa shape index (κ3) is 12.9. The predicted molar refractivity (Wildman–Crippen MR) is 273 cm³/mol. The van der Waals surface area contributed by atoms with Crippen molar-refractivity contribution in [3.63, 3.8) is 0 Å². The summed E-state index contributed by atoms with van der Waals surface area (Å²) in [5, 5.41) is 10.4. The van der Waals surface area contributed by atoms with E-state index in [2.05, 4.69) is 162 Å². The van der Waals surface area contributed by atoms with Gasteiger partial charge >= 0.3 is 12.1 Å². The van der Waals surface area contributed by atoms with Crippen molar-refractivity contribution in [1.82, 2.24) is 10.6 Å². The summed E-state index contributed by atoms with van der Waals surface area (Å²) in [7, 11) is -7.12. The van der Waals surface area contributed by atoms with E-state index in [-0.39, 0.29) is 19.1 Å². The lowest BCUT2D eigenvalue weighted by Gasteiger charge is -2.27. The molecule has 8 aromatic rings. The highest BCUT2D eigenvalue weighted by molar-refractivity contribution is 8.01. The van der Waals surface area contributed by atoms with Gasteiger partial charge in [0.25, 0.3) is 0 Å². The first kappa shape index (κ1) is 51.7. The van der Waals surface area contributed by atoms with Crippen molar-refractivity contribution in [2.45, 2.75) is 45.1 Å². The summed E-state index contributed by atoms with van der Waals surface area (Å²) < 4.78 is 51.2. The Kier molecular flexibility index (Phi) is 16.8. The van der Waals surface area contributed by atoms with Gasteiger partial charge in [0.05, 0.1) is 0 Å². The second-order valence-electron chi connectivity index (χ2n) is 17.3. The molecule has 0 heterocycles. The number of halogens is 1. The van der Waals surface area contributed by atoms with E-state index < -0.39 is 47.6 Å². The fourth-order valence-electron chi connectivity index (χ4n) is 8.93. The molecule has 0 radical (unpaired) electrons. The Morgan fingerprint density at radius 2 is 0.904 bits per heavy atom. The predicted octanol–water partition coefficient (Wildman–Crippen LogP) is 5.27. The molecule has 0 saturated carbocycles. The Balaban J connectivity index is 0.00000136. The van der Waals surface area contributed by atoms with Gasteiger partial charge in [-0.3, -0.25) is 4.79 Å². The van der Waals surface area contributed by atoms with Crippen LogP contribution < -0.4 is 55.2 Å². The number of amides is 2. The number of hydrogen-bond acceptors (Lipinski definition) is 10. The quantitative estimate of drug-likeness (QED) is 0.0952. The monoisotopic (exact) mass is 1010 g/mol. The van der Waals surface area contributed by atoms with Gasteiger partial charge in [0, 0.05) is 5.92 Å². The van der Waals surface area contributed by atoms with Gasteiger partial charge in [0.2, 0.25) is 5.91 Å². The second kappa shape index (κ2) is 23.7. The minimum atomic E-state index is -4.94. The Bertz CT molecular complexity index is 2960. The van der Waals surface area contributed by atoms with E-state index in [9.17, 15) is 14.4 Å². The van der Waals surface area contributed by atoms with Crippen molar-refractivity contribution in [2.75, 3.05) is 6.61 Å². The van der Waals surface area contributed by atoms with E-state index in [1.54, 1.807) is 0 Å². The van der Waals surface area contributed by atoms with Crippen LogP contribution in [-0.2, 0) is 32.3 Å². The van der Waals surface area contributed by atoms with E-state index in [0.717, 1.165) is 44.5 Å². The molecule has 0 aromatic heterocycles. The molecule has 9 rings (SSSR count). The molecule has 2 unspecified atom stereocenters. The van der Waals surface area contributed by atoms with Crippen LogP contribution in [0.1, 0.15) is 42.0 Å². The number of rotatable bonds is 16. The highest BCUT2D eigenvalue weighted by Gasteiger charge is 2.47. The Morgan fingerprint density at radius 3 is 1.40 bits per heavy atom. The molecule has 0 spiro atoms. The maximum atomic E-state index is 12.9. The van der Waals surface area contributed by atoms with Gasteiger partial charge in [-0.05, 0) is 119 Å². The molecule has 1 aliphatic carbocycles. The number of esters is 1. The van der Waals surface area contributed by atoms with Gasteiger partial charge in [-0.1, -0.05) is 152 Å². The van der Waals surface area contributed by atoms with Crippen LogP contribution in [0.3, 0.4) is 0 Å². The zero-order chi connectivity index (χ0) is 51.4. The lowest BCUT2D eigenvalue weighted by atomic mass is 9.98. The number of carbonyl (C=O) groups is 3. The van der Waals surface area contributed by atoms with E-state index >= 15 is 0 Å². The Hall–Kier alpha value is -7.67. The molecule has 1 aliphatic rings. The van der Waals surface area contributed by atoms with Gasteiger partial charge < -0.3 is 24.8 Å². The number of alkyl carbamates (subject to hydrolysis) is 1. The average molecular weight is 1020 g/mol. The van der Waals surface area contributed by atoms with Crippen LogP contribution in [0.5, 0.6) is 5.75 Å². The molecule has 8 aromatic carbocycles. The molecule has 0 saturated heterocycles. The number of hydrogen-bond donors (Lipinski definition) is 2. The number of fused-ring (bicyclic) bond motifs is 3. The van der Waals surface area contributed by atoms with Crippen LogP contribution >= 0.6 is 7.26 Å². The van der Waals surface area contributed by atoms with Crippen LogP contribution in [0, 0.1) is 10.2 Å². The summed E-state index contributed by atoms with van der Waals surface area (Å²) in [5.41, 5.74) is 8.49. The molecule has 14 heteroatoms. The number of nitrogens with one attached hydrogen (secondary N) is 2. The molecule has 2 amide bonds. The number of benzene rings is 8. The Morgan fingerprint density at radius 1 is 0.493 bits per heavy atom. The van der Waals surface area contributed by atoms with Gasteiger partial charge in [-0.25, -0.2) is 28.2 Å². The number of ether oxygens (including phenoxy) is 3. The fourth-order valence-corrected chi connectivity index (χ4v) is 13.2. The van der Waals surface area contributed by atoms with Crippen molar-refractivity contribution in [3.8, 4) is 28.0 Å². The highest BCUT2D eigenvalue weighted by atomic mass is 35.7. The smallest absolute Gasteiger partial charge is 0.407 e. The topological polar surface area (TPSA) is 195 Å². The van der Waals surface area contributed by atoms with Crippen LogP contribution in [0.2, 0.25) is 0 Å². The second-order valence-corrected chi connectivity index (χ2v) is 21.4. The summed E-state index contributed by atoms with van der Waals surface area (Å²) >= 11 is 0. The first-order valence-electron chi connectivity index (χ1n) is 23.5. The lowest BCUT2D eigenvalue weighted by Crippen LogP contribution is -2.68. The maximum absolute atomic E-state index is 12.9. The zero-order valence-corrected chi connectivity index (χ0v) is 41.6. The summed E-state index contributed by atoms with van der Waals surface area (Å²) in [6, 6.07) is 71.8. The maximum Gasteiger partial charge on any atom is 0.407 e. The van der Waals surface area contributed by atoms with E-state index in [0.29, 0.717) is 12.4 Å². The molecular weight excluding hydrogens is 963 g/mol. The standard InChI is InChI=1S/C59H51N2O6P.ClHO4/c1-41(61-59(64)67-40-56-54-24-14-12-22-52(54)53-23-13-15-25-55(53)56)57(62)60-42(2)58(63)66-39-44-28-34-47(35-29-44)65-38-43-26-30-45(31-27-43)46-32-36-51(37-33-46)68(48-16-6-3-7-17-48,49-18-8-4-9-19-49)50-20-10-5-11-21-50;2-1(3,4)5/h3-37,41-42,56H,38-40H2,1-2H3,(H-,60,61,62,64);(H,2,3,4,5). The molecule has 2 N–H and O–H groups in total. The van der Waals surface area contributed by atoms with E-state index in [1.165, 1.54) is 35.1 Å². The Labute approximate surface area is 426 Å². The third-order valence-corrected chi connectivity index (χ3v) is 16.8. The van der Waals surface area contributed by atoms with Crippen molar-refractivity contribution in [2.24, 2.45) is 0 Å². The lowest BCUT2D eigenvalue weighted by molar-refractivity contribution is -2.00. The van der Waals surface area contributed by atoms with Gasteiger partial charge in [-0.2, -0.15) is 0 Å². The summed E-state index contributed by atoms with van der Waals surface area (Å²) in [5.74, 6) is -0.567. The van der Waals surface area contributed by atoms with Crippen LogP contribution in [0.15, 0.2) is 212 Å². The SMILES string of the molecule is CC(NC(=O)OCC1c2ccccc2-c2ccccc21)C(=O)NC(C)C(=O)OCc1ccc(OCc2ccc(-c3ccc([P+](c4ccccc4)(c4ccccc4)c4ccccc4)cc3)cc2)cc1.[O-][Cl+3]([O-])([O-])[O-]. The van der Waals surface area contributed by atoms with Crippen molar-refractivity contribution in [1.29, 1.82) is 0 Å². The molecule has 370 valence electrons. The fraction of sp³-hybridized carbons (Fsp3) is 0.136. The van der Waals surface area contributed by atoms with Crippen LogP contribution in [0.4, 0.5) is 4.79 Å². The first-order chi connectivity index (χ1) is 35.3. The van der Waals surface area contributed by atoms with Crippen molar-refractivity contribution < 1.29 is 57.5 Å². The van der Waals surface area contributed by atoms with Crippen LogP contribution in [0.25, 0.3) is 22.3 Å². The molecule has 12 nitrogen and oxygen atoms in total. The third-order valence-electron chi connectivity index (χ3n) is 12.5. The largest absolute Gasteiger partial charge is 0.489 e. The molecular formula is C59H52ClN2O10P. The van der Waals surface area contributed by atoms with Gasteiger partial charge in [0.15, 0.2) is 0 Å². The minimum absolute atomic E-state index is 0.0167. The molecule has 0 bridgehead atoms. The van der Waals surface area contributed by atoms with Crippen molar-refractivity contribution >= 4 is 46.5 Å².